The SMILES string of the molecule is Nc1cnc2ccc(-c3cn(SI)c4ncc(C(=O)NCc5cccnc5)cc34)cc2c1. The van der Waals surface area contributed by atoms with E-state index in [1.165, 1.54) is 9.12 Å². The van der Waals surface area contributed by atoms with Crippen LogP contribution >= 0.6 is 30.3 Å². The van der Waals surface area contributed by atoms with Crippen molar-refractivity contribution in [1.82, 2.24) is 24.2 Å². The lowest BCUT2D eigenvalue weighted by Crippen LogP contribution is -2.23. The highest BCUT2D eigenvalue weighted by Crippen LogP contribution is 2.35. The summed E-state index contributed by atoms with van der Waals surface area (Å²) in [7, 11) is 1.53. The Morgan fingerprint density at radius 3 is 2.84 bits per heavy atom. The molecule has 4 heterocycles. The highest BCUT2D eigenvalue weighted by atomic mass is 127. The van der Waals surface area contributed by atoms with E-state index in [0.717, 1.165) is 38.6 Å². The van der Waals surface area contributed by atoms with Crippen molar-refractivity contribution in [2.75, 3.05) is 5.73 Å². The Kier molecular flexibility index (Phi) is 5.66. The molecule has 1 amide bonds. The molecule has 5 rings (SSSR count). The number of halogens is 1. The van der Waals surface area contributed by atoms with Crippen LogP contribution in [0.1, 0.15) is 15.9 Å². The maximum Gasteiger partial charge on any atom is 0.253 e. The van der Waals surface area contributed by atoms with E-state index < -0.39 is 0 Å². The fourth-order valence-corrected chi connectivity index (χ4v) is 4.85. The molecule has 9 heteroatoms. The van der Waals surface area contributed by atoms with Crippen molar-refractivity contribution >= 4 is 63.9 Å². The van der Waals surface area contributed by atoms with Crippen molar-refractivity contribution in [3.05, 3.63) is 84.6 Å². The Balaban J connectivity index is 1.54. The van der Waals surface area contributed by atoms with Gasteiger partial charge < -0.3 is 11.1 Å². The number of nitrogen functional groups attached to an aromatic ring is 1. The zero-order valence-corrected chi connectivity index (χ0v) is 19.7. The highest BCUT2D eigenvalue weighted by molar-refractivity contribution is 14.2. The molecule has 7 nitrogen and oxygen atoms in total. The molecule has 0 radical (unpaired) electrons. The second-order valence-electron chi connectivity index (χ2n) is 7.25. The summed E-state index contributed by atoms with van der Waals surface area (Å²) in [5.74, 6) is -0.181. The second kappa shape index (κ2) is 8.75. The van der Waals surface area contributed by atoms with Crippen LogP contribution in [0.2, 0.25) is 0 Å². The number of aromatic nitrogens is 4. The predicted molar refractivity (Wildman–Crippen MR) is 137 cm³/mol. The minimum atomic E-state index is -0.181. The number of nitrogens with one attached hydrogen (secondary N) is 1. The van der Waals surface area contributed by atoms with Crippen molar-refractivity contribution in [2.24, 2.45) is 0 Å². The monoisotopic (exact) mass is 552 g/mol. The fourth-order valence-electron chi connectivity index (χ4n) is 3.59. The van der Waals surface area contributed by atoms with Crippen LogP contribution in [0.5, 0.6) is 0 Å². The largest absolute Gasteiger partial charge is 0.397 e. The summed E-state index contributed by atoms with van der Waals surface area (Å²) in [5.41, 5.74) is 11.7. The van der Waals surface area contributed by atoms with Gasteiger partial charge in [-0.1, -0.05) is 12.1 Å². The van der Waals surface area contributed by atoms with E-state index in [-0.39, 0.29) is 5.91 Å². The van der Waals surface area contributed by atoms with Crippen LogP contribution in [0.4, 0.5) is 5.69 Å². The zero-order chi connectivity index (χ0) is 22.1. The third kappa shape index (κ3) is 4.00. The summed E-state index contributed by atoms with van der Waals surface area (Å²) in [6.07, 6.45) is 8.74. The molecule has 32 heavy (non-hydrogen) atoms. The lowest BCUT2D eigenvalue weighted by molar-refractivity contribution is 0.0950. The first kappa shape index (κ1) is 20.7. The number of carbonyl (C=O) groups excluding carboxylic acids is 1. The molecule has 0 bridgehead atoms. The Morgan fingerprint density at radius 2 is 2.03 bits per heavy atom. The molecule has 5 aromatic rings. The average Bonchev–Trinajstić information content (AvgIpc) is 3.20. The van der Waals surface area contributed by atoms with Gasteiger partial charge in [-0.15, -0.1) is 0 Å². The van der Waals surface area contributed by atoms with E-state index in [1.54, 1.807) is 24.8 Å². The number of amides is 1. The van der Waals surface area contributed by atoms with E-state index in [9.17, 15) is 4.79 Å². The van der Waals surface area contributed by atoms with Crippen LogP contribution < -0.4 is 11.1 Å². The number of hydrogen-bond donors (Lipinski definition) is 2. The predicted octanol–water partition coefficient (Wildman–Crippen LogP) is 5.01. The quantitative estimate of drug-likeness (QED) is 0.298. The first-order valence-electron chi connectivity index (χ1n) is 9.75. The summed E-state index contributed by atoms with van der Waals surface area (Å²) in [5, 5.41) is 4.80. The normalized spacial score (nSPS) is 11.2. The number of pyridine rings is 3. The lowest BCUT2D eigenvalue weighted by atomic mass is 10.0. The maximum absolute atomic E-state index is 12.8. The molecular weight excluding hydrogens is 535 g/mol. The van der Waals surface area contributed by atoms with Crippen molar-refractivity contribution in [3.8, 4) is 11.1 Å². The molecule has 0 aliphatic rings. The van der Waals surface area contributed by atoms with Gasteiger partial charge in [0.05, 0.1) is 23.0 Å². The van der Waals surface area contributed by atoms with Crippen LogP contribution in [0.3, 0.4) is 0 Å². The number of nitrogens with two attached hydrogens (primary N) is 1. The zero-order valence-electron chi connectivity index (χ0n) is 16.7. The number of hydrogen-bond acceptors (Lipinski definition) is 6. The van der Waals surface area contributed by atoms with Gasteiger partial charge in [0.25, 0.3) is 5.91 Å². The number of rotatable bonds is 5. The van der Waals surface area contributed by atoms with E-state index in [2.05, 4.69) is 47.5 Å². The van der Waals surface area contributed by atoms with Gasteiger partial charge >= 0.3 is 0 Å². The highest BCUT2D eigenvalue weighted by Gasteiger charge is 2.16. The Labute approximate surface area is 200 Å². The third-order valence-electron chi connectivity index (χ3n) is 5.14. The minimum absolute atomic E-state index is 0.181. The van der Waals surface area contributed by atoms with Gasteiger partial charge in [0.2, 0.25) is 0 Å². The Bertz CT molecular complexity index is 1450. The van der Waals surface area contributed by atoms with Crippen LogP contribution in [0.25, 0.3) is 33.1 Å². The van der Waals surface area contributed by atoms with Crippen molar-refractivity contribution in [3.63, 3.8) is 0 Å². The van der Waals surface area contributed by atoms with E-state index in [1.807, 2.05) is 46.6 Å². The first-order valence-corrected chi connectivity index (χ1v) is 13.1. The van der Waals surface area contributed by atoms with Gasteiger partial charge in [-0.25, -0.2) is 4.98 Å². The van der Waals surface area contributed by atoms with Crippen molar-refractivity contribution < 1.29 is 4.79 Å². The molecular formula is C23H17IN6OS. The summed E-state index contributed by atoms with van der Waals surface area (Å²) < 4.78 is 1.99. The second-order valence-corrected chi connectivity index (χ2v) is 8.97. The molecule has 4 aromatic heterocycles. The summed E-state index contributed by atoms with van der Waals surface area (Å²) in [6.45, 7) is 0.404. The molecule has 0 fully saturated rings. The molecule has 0 saturated heterocycles. The average molecular weight is 552 g/mol. The number of anilines is 1. The van der Waals surface area contributed by atoms with Crippen LogP contribution in [-0.2, 0) is 6.54 Å². The van der Waals surface area contributed by atoms with Crippen LogP contribution in [0.15, 0.2) is 73.4 Å². The summed E-state index contributed by atoms with van der Waals surface area (Å²) in [6, 6.07) is 13.6. The molecule has 0 saturated carbocycles. The van der Waals surface area contributed by atoms with Gasteiger partial charge in [0, 0.05) is 78.0 Å². The lowest BCUT2D eigenvalue weighted by Gasteiger charge is -2.06. The molecule has 158 valence electrons. The number of benzene rings is 1. The minimum Gasteiger partial charge on any atom is -0.397 e. The first-order chi connectivity index (χ1) is 15.6. The van der Waals surface area contributed by atoms with E-state index >= 15 is 0 Å². The molecule has 0 aliphatic heterocycles. The summed E-state index contributed by atoms with van der Waals surface area (Å²) >= 11 is 2.22. The van der Waals surface area contributed by atoms with Gasteiger partial charge in [-0.3, -0.25) is 18.7 Å². The number of fused-ring (bicyclic) bond motifs is 2. The maximum atomic E-state index is 12.8. The van der Waals surface area contributed by atoms with E-state index in [4.69, 9.17) is 5.73 Å². The third-order valence-corrected chi connectivity index (χ3v) is 6.84. The number of nitrogens with zero attached hydrogens (tertiary/aromatic N) is 4. The van der Waals surface area contributed by atoms with E-state index in [0.29, 0.717) is 17.8 Å². The van der Waals surface area contributed by atoms with Gasteiger partial charge in [0.15, 0.2) is 5.65 Å². The molecule has 0 aliphatic carbocycles. The smallest absolute Gasteiger partial charge is 0.253 e. The molecule has 0 unspecified atom stereocenters. The molecule has 0 spiro atoms. The molecule has 1 aromatic carbocycles. The molecule has 0 atom stereocenters. The van der Waals surface area contributed by atoms with Gasteiger partial charge in [-0.05, 0) is 41.5 Å². The number of carbonyl (C=O) groups is 1. The summed E-state index contributed by atoms with van der Waals surface area (Å²) in [4.78, 5) is 25.8. The van der Waals surface area contributed by atoms with Gasteiger partial charge in [0.1, 0.15) is 0 Å². The van der Waals surface area contributed by atoms with Crippen molar-refractivity contribution in [2.45, 2.75) is 6.54 Å². The Morgan fingerprint density at radius 1 is 1.12 bits per heavy atom. The standard InChI is InChI=1S/C23H17IN6OS/c24-32-30-13-20(15-3-4-21-16(6-15)7-18(25)12-27-21)19-8-17(11-28-22(19)30)23(31)29-10-14-2-1-5-26-9-14/h1-9,11-13H,10,25H2,(H,29,31). The van der Waals surface area contributed by atoms with Crippen LogP contribution in [0, 0.1) is 0 Å². The van der Waals surface area contributed by atoms with Crippen LogP contribution in [-0.4, -0.2) is 24.8 Å². The topological polar surface area (TPSA) is 98.7 Å². The van der Waals surface area contributed by atoms with Gasteiger partial charge in [-0.2, -0.15) is 0 Å². The fraction of sp³-hybridized carbons (Fsp3) is 0.0435. The molecule has 3 N–H and O–H groups in total. The Hall–Kier alpha value is -3.18. The van der Waals surface area contributed by atoms with Crippen molar-refractivity contribution in [1.29, 1.82) is 0 Å².